The molecular weight excluding hydrogens is 451 g/mol. The minimum absolute atomic E-state index is 0.0869. The summed E-state index contributed by atoms with van der Waals surface area (Å²) in [5, 5.41) is 10.4. The van der Waals surface area contributed by atoms with Gasteiger partial charge in [-0.05, 0) is 57.0 Å². The number of alkyl halides is 3. The molecule has 0 aliphatic carbocycles. The predicted molar refractivity (Wildman–Crippen MR) is 120 cm³/mol. The first-order valence-corrected chi connectivity index (χ1v) is 11.0. The van der Waals surface area contributed by atoms with E-state index in [0.29, 0.717) is 18.7 Å². The van der Waals surface area contributed by atoms with Gasteiger partial charge in [-0.2, -0.15) is 13.2 Å². The van der Waals surface area contributed by atoms with Gasteiger partial charge in [0.1, 0.15) is 17.1 Å². The molecule has 34 heavy (non-hydrogen) atoms. The zero-order chi connectivity index (χ0) is 24.8. The standard InChI is InChI=1S/C25H26F3NO5/c1-13-5-6-14(2)20(9-13)33-23-21(31)17-7-8-19(30)18(22(17)34-24(23)25(26,27)28)12-29-10-15(3)32-16(4)11-29/h5-9,15-16,30H,10-12H2,1-4H3/t15-,16-/m0/s1. The Bertz CT molecular complexity index is 1270. The third-order valence-corrected chi connectivity index (χ3v) is 5.79. The quantitative estimate of drug-likeness (QED) is 0.532. The summed E-state index contributed by atoms with van der Waals surface area (Å²) in [6.45, 7) is 8.36. The monoisotopic (exact) mass is 477 g/mol. The third-order valence-electron chi connectivity index (χ3n) is 5.79. The lowest BCUT2D eigenvalue weighted by Gasteiger charge is -2.35. The van der Waals surface area contributed by atoms with Gasteiger partial charge in [0.05, 0.1) is 23.2 Å². The molecule has 2 heterocycles. The molecule has 2 atom stereocenters. The van der Waals surface area contributed by atoms with Crippen LogP contribution in [0.15, 0.2) is 39.5 Å². The molecule has 0 spiro atoms. The molecular formula is C25H26F3NO5. The molecule has 4 rings (SSSR count). The Hall–Kier alpha value is -3.04. The third kappa shape index (κ3) is 4.76. The van der Waals surface area contributed by atoms with Crippen LogP contribution in [0.5, 0.6) is 17.2 Å². The normalized spacial score (nSPS) is 19.5. The van der Waals surface area contributed by atoms with Crippen LogP contribution in [-0.2, 0) is 17.5 Å². The van der Waals surface area contributed by atoms with Crippen LogP contribution in [0, 0.1) is 13.8 Å². The van der Waals surface area contributed by atoms with E-state index in [4.69, 9.17) is 13.9 Å². The fraction of sp³-hybridized carbons (Fsp3) is 0.400. The van der Waals surface area contributed by atoms with Crippen LogP contribution in [0.2, 0.25) is 0 Å². The van der Waals surface area contributed by atoms with Crippen LogP contribution in [-0.4, -0.2) is 35.3 Å². The van der Waals surface area contributed by atoms with E-state index in [1.165, 1.54) is 12.1 Å². The number of aromatic hydroxyl groups is 1. The Balaban J connectivity index is 1.87. The second-order valence-electron chi connectivity index (χ2n) is 8.85. The number of nitrogens with zero attached hydrogens (tertiary/aromatic N) is 1. The van der Waals surface area contributed by atoms with Gasteiger partial charge < -0.3 is 19.0 Å². The van der Waals surface area contributed by atoms with Gasteiger partial charge in [-0.3, -0.25) is 9.69 Å². The average Bonchev–Trinajstić information content (AvgIpc) is 2.73. The fourth-order valence-electron chi connectivity index (χ4n) is 4.28. The molecule has 1 N–H and O–H groups in total. The molecule has 1 aliphatic rings. The van der Waals surface area contributed by atoms with E-state index in [0.717, 1.165) is 5.56 Å². The molecule has 1 fully saturated rings. The van der Waals surface area contributed by atoms with E-state index in [-0.39, 0.29) is 46.8 Å². The molecule has 6 nitrogen and oxygen atoms in total. The molecule has 1 aromatic heterocycles. The molecule has 182 valence electrons. The number of phenolic OH excluding ortho intramolecular Hbond substituents is 1. The van der Waals surface area contributed by atoms with Crippen molar-refractivity contribution in [1.29, 1.82) is 0 Å². The van der Waals surface area contributed by atoms with E-state index in [2.05, 4.69) is 0 Å². The molecule has 3 aromatic rings. The van der Waals surface area contributed by atoms with E-state index >= 15 is 0 Å². The van der Waals surface area contributed by atoms with Gasteiger partial charge in [0.15, 0.2) is 0 Å². The van der Waals surface area contributed by atoms with Crippen LogP contribution < -0.4 is 10.2 Å². The predicted octanol–water partition coefficient (Wildman–Crippen LogP) is 5.54. The Morgan fingerprint density at radius 2 is 1.79 bits per heavy atom. The highest BCUT2D eigenvalue weighted by atomic mass is 19.4. The van der Waals surface area contributed by atoms with E-state index in [9.17, 15) is 23.1 Å². The molecule has 1 aliphatic heterocycles. The topological polar surface area (TPSA) is 72.1 Å². The van der Waals surface area contributed by atoms with Gasteiger partial charge in [0.2, 0.25) is 11.2 Å². The lowest BCUT2D eigenvalue weighted by atomic mass is 10.1. The molecule has 0 unspecified atom stereocenters. The number of morpholine rings is 1. The lowest BCUT2D eigenvalue weighted by Crippen LogP contribution is -2.44. The number of hydrogen-bond donors (Lipinski definition) is 1. The molecule has 9 heteroatoms. The second-order valence-corrected chi connectivity index (χ2v) is 8.85. The highest BCUT2D eigenvalue weighted by Crippen LogP contribution is 2.40. The Labute approximate surface area is 194 Å². The SMILES string of the molecule is Cc1ccc(C)c(Oc2c(C(F)(F)F)oc3c(CN4C[C@H](C)O[C@@H](C)C4)c(O)ccc3c2=O)c1. The maximum Gasteiger partial charge on any atom is 0.453 e. The van der Waals surface area contributed by atoms with E-state index < -0.39 is 23.1 Å². The summed E-state index contributed by atoms with van der Waals surface area (Å²) in [5.41, 5.74) is 0.178. The highest BCUT2D eigenvalue weighted by molar-refractivity contribution is 5.83. The highest BCUT2D eigenvalue weighted by Gasteiger charge is 2.41. The molecule has 0 bridgehead atoms. The van der Waals surface area contributed by atoms with Crippen molar-refractivity contribution in [3.63, 3.8) is 0 Å². The number of phenols is 1. The second kappa shape index (κ2) is 8.96. The fourth-order valence-corrected chi connectivity index (χ4v) is 4.28. The number of hydrogen-bond acceptors (Lipinski definition) is 6. The van der Waals surface area contributed by atoms with Crippen molar-refractivity contribution < 1.29 is 32.2 Å². The number of ether oxygens (including phenoxy) is 2. The number of halogens is 3. The zero-order valence-corrected chi connectivity index (χ0v) is 19.3. The van der Waals surface area contributed by atoms with Crippen molar-refractivity contribution >= 4 is 11.0 Å². The van der Waals surface area contributed by atoms with Crippen molar-refractivity contribution in [1.82, 2.24) is 4.90 Å². The zero-order valence-electron chi connectivity index (χ0n) is 19.3. The number of fused-ring (bicyclic) bond motifs is 1. The van der Waals surface area contributed by atoms with Crippen LogP contribution in [0.25, 0.3) is 11.0 Å². The lowest BCUT2D eigenvalue weighted by molar-refractivity contribution is -0.154. The molecule has 0 radical (unpaired) electrons. The van der Waals surface area contributed by atoms with E-state index in [1.54, 1.807) is 32.0 Å². The maximum atomic E-state index is 14.0. The summed E-state index contributed by atoms with van der Waals surface area (Å²) >= 11 is 0. The summed E-state index contributed by atoms with van der Waals surface area (Å²) < 4.78 is 58.6. The Kier molecular flexibility index (Phi) is 6.35. The average molecular weight is 477 g/mol. The summed E-state index contributed by atoms with van der Waals surface area (Å²) in [7, 11) is 0. The van der Waals surface area contributed by atoms with Gasteiger partial charge in [-0.1, -0.05) is 12.1 Å². The van der Waals surface area contributed by atoms with Crippen LogP contribution >= 0.6 is 0 Å². The molecule has 0 amide bonds. The van der Waals surface area contributed by atoms with Crippen LogP contribution in [0.4, 0.5) is 13.2 Å². The molecule has 0 saturated carbocycles. The number of benzene rings is 2. The molecule has 1 saturated heterocycles. The van der Waals surface area contributed by atoms with Gasteiger partial charge in [-0.15, -0.1) is 0 Å². The van der Waals surface area contributed by atoms with Crippen molar-refractivity contribution in [3.8, 4) is 17.2 Å². The first-order valence-electron chi connectivity index (χ1n) is 11.0. The van der Waals surface area contributed by atoms with Gasteiger partial charge in [0.25, 0.3) is 5.76 Å². The van der Waals surface area contributed by atoms with Gasteiger partial charge in [0, 0.05) is 19.6 Å². The Morgan fingerprint density at radius 3 is 2.44 bits per heavy atom. The first-order chi connectivity index (χ1) is 15.9. The van der Waals surface area contributed by atoms with Crippen LogP contribution in [0.1, 0.15) is 36.3 Å². The minimum atomic E-state index is -4.99. The number of aryl methyl sites for hydroxylation is 2. The van der Waals surface area contributed by atoms with Gasteiger partial charge in [-0.25, -0.2) is 0 Å². The first kappa shape index (κ1) is 24.1. The summed E-state index contributed by atoms with van der Waals surface area (Å²) in [6, 6.07) is 7.58. The Morgan fingerprint density at radius 1 is 1.12 bits per heavy atom. The summed E-state index contributed by atoms with van der Waals surface area (Å²) in [4.78, 5) is 15.2. The maximum absolute atomic E-state index is 14.0. The van der Waals surface area contributed by atoms with Crippen molar-refractivity contribution in [2.45, 2.75) is 52.6 Å². The van der Waals surface area contributed by atoms with Crippen LogP contribution in [0.3, 0.4) is 0 Å². The molecule has 2 aromatic carbocycles. The smallest absolute Gasteiger partial charge is 0.453 e. The van der Waals surface area contributed by atoms with Crippen molar-refractivity contribution in [3.05, 3.63) is 63.0 Å². The van der Waals surface area contributed by atoms with E-state index in [1.807, 2.05) is 18.7 Å². The van der Waals surface area contributed by atoms with Crippen molar-refractivity contribution in [2.75, 3.05) is 13.1 Å². The summed E-state index contributed by atoms with van der Waals surface area (Å²) in [6.07, 6.45) is -5.17. The van der Waals surface area contributed by atoms with Gasteiger partial charge >= 0.3 is 6.18 Å². The number of rotatable bonds is 4. The largest absolute Gasteiger partial charge is 0.507 e. The minimum Gasteiger partial charge on any atom is -0.507 e. The van der Waals surface area contributed by atoms with Crippen molar-refractivity contribution in [2.24, 2.45) is 0 Å². The summed E-state index contributed by atoms with van der Waals surface area (Å²) in [5.74, 6) is -2.59.